The van der Waals surface area contributed by atoms with Gasteiger partial charge in [0.2, 0.25) is 5.91 Å². The maximum atomic E-state index is 12.4. The summed E-state index contributed by atoms with van der Waals surface area (Å²) in [6, 6.07) is 11.8. The number of thiophene rings is 1. The number of nitrogens with one attached hydrogen (secondary N) is 2. The van der Waals surface area contributed by atoms with E-state index in [1.807, 2.05) is 18.2 Å². The number of fused-ring (bicyclic) bond motifs is 1. The summed E-state index contributed by atoms with van der Waals surface area (Å²) in [6.45, 7) is 2.84. The van der Waals surface area contributed by atoms with Gasteiger partial charge in [-0.15, -0.1) is 11.3 Å². The van der Waals surface area contributed by atoms with Crippen LogP contribution in [0.25, 0.3) is 10.9 Å². The van der Waals surface area contributed by atoms with Crippen LogP contribution in [0, 0.1) is 0 Å². The van der Waals surface area contributed by atoms with Crippen molar-refractivity contribution in [1.29, 1.82) is 0 Å². The molecule has 1 aromatic carbocycles. The van der Waals surface area contributed by atoms with Crippen LogP contribution in [0.1, 0.15) is 42.4 Å². The molecule has 0 aliphatic carbocycles. The molecule has 0 radical (unpaired) electrons. The Morgan fingerprint density at radius 2 is 2.03 bits per heavy atom. The number of H-pyrrole nitrogens is 1. The van der Waals surface area contributed by atoms with Crippen molar-refractivity contribution in [2.75, 3.05) is 19.6 Å². The molecule has 3 heterocycles. The molecule has 2 aromatic heterocycles. The first-order valence-electron chi connectivity index (χ1n) is 10.2. The number of aromatic amines is 1. The number of para-hydroxylation sites is 1. The molecule has 0 saturated carbocycles. The van der Waals surface area contributed by atoms with Crippen LogP contribution in [0.15, 0.2) is 46.6 Å². The van der Waals surface area contributed by atoms with Gasteiger partial charge in [-0.1, -0.05) is 18.2 Å². The monoisotopic (exact) mass is 410 g/mol. The molecule has 1 aliphatic rings. The summed E-state index contributed by atoms with van der Waals surface area (Å²) in [5.74, 6) is 0.684. The summed E-state index contributed by atoms with van der Waals surface area (Å²) >= 11 is 1.75. The fourth-order valence-electron chi connectivity index (χ4n) is 3.91. The van der Waals surface area contributed by atoms with Crippen molar-refractivity contribution in [3.8, 4) is 0 Å². The summed E-state index contributed by atoms with van der Waals surface area (Å²) < 4.78 is 0. The van der Waals surface area contributed by atoms with Gasteiger partial charge in [0.25, 0.3) is 5.56 Å². The Balaban J connectivity index is 1.29. The predicted molar refractivity (Wildman–Crippen MR) is 116 cm³/mol. The number of rotatable bonds is 8. The zero-order chi connectivity index (χ0) is 20.1. The Bertz CT molecular complexity index is 1010. The van der Waals surface area contributed by atoms with E-state index in [9.17, 15) is 9.59 Å². The smallest absolute Gasteiger partial charge is 0.258 e. The second kappa shape index (κ2) is 9.33. The molecule has 0 spiro atoms. The zero-order valence-corrected chi connectivity index (χ0v) is 17.2. The molecule has 1 aliphatic heterocycles. The van der Waals surface area contributed by atoms with Crippen LogP contribution in [-0.2, 0) is 11.2 Å². The van der Waals surface area contributed by atoms with Gasteiger partial charge >= 0.3 is 0 Å². The fourth-order valence-corrected chi connectivity index (χ4v) is 4.77. The first-order valence-corrected chi connectivity index (χ1v) is 11.1. The Morgan fingerprint density at radius 3 is 2.83 bits per heavy atom. The van der Waals surface area contributed by atoms with Gasteiger partial charge in [-0.2, -0.15) is 0 Å². The third kappa shape index (κ3) is 4.92. The van der Waals surface area contributed by atoms with Crippen LogP contribution in [0.5, 0.6) is 0 Å². The lowest BCUT2D eigenvalue weighted by atomic mass is 10.2. The van der Waals surface area contributed by atoms with E-state index < -0.39 is 0 Å². The molecular formula is C22H26N4O2S. The lowest BCUT2D eigenvalue weighted by molar-refractivity contribution is -0.121. The maximum Gasteiger partial charge on any atom is 0.258 e. The highest BCUT2D eigenvalue weighted by Gasteiger charge is 2.24. The normalized spacial score (nSPS) is 15.6. The third-order valence-electron chi connectivity index (χ3n) is 5.42. The number of carbonyl (C=O) groups is 1. The summed E-state index contributed by atoms with van der Waals surface area (Å²) in [6.07, 6.45) is 4.11. The van der Waals surface area contributed by atoms with Crippen molar-refractivity contribution in [3.63, 3.8) is 0 Å². The van der Waals surface area contributed by atoms with Gasteiger partial charge in [-0.05, 0) is 55.9 Å². The number of carbonyl (C=O) groups excluding carboxylic acids is 1. The van der Waals surface area contributed by atoms with E-state index in [0.29, 0.717) is 42.5 Å². The van der Waals surface area contributed by atoms with Gasteiger partial charge in [0.05, 0.1) is 16.9 Å². The average Bonchev–Trinajstić information content (AvgIpc) is 3.43. The minimum atomic E-state index is -0.126. The van der Waals surface area contributed by atoms with E-state index in [4.69, 9.17) is 0 Å². The third-order valence-corrected chi connectivity index (χ3v) is 6.40. The van der Waals surface area contributed by atoms with Crippen LogP contribution in [-0.4, -0.2) is 40.4 Å². The van der Waals surface area contributed by atoms with Crippen LogP contribution in [0.4, 0.5) is 0 Å². The molecule has 7 heteroatoms. The summed E-state index contributed by atoms with van der Waals surface area (Å²) in [5.41, 5.74) is 0.569. The van der Waals surface area contributed by atoms with E-state index in [2.05, 4.69) is 37.7 Å². The van der Waals surface area contributed by atoms with Crippen LogP contribution in [0.3, 0.4) is 0 Å². The molecule has 1 fully saturated rings. The van der Waals surface area contributed by atoms with Gasteiger partial charge in [-0.25, -0.2) is 4.98 Å². The van der Waals surface area contributed by atoms with Crippen molar-refractivity contribution in [2.45, 2.75) is 38.1 Å². The van der Waals surface area contributed by atoms with Crippen molar-refractivity contribution in [2.24, 2.45) is 0 Å². The molecule has 29 heavy (non-hydrogen) atoms. The lowest BCUT2D eigenvalue weighted by Crippen LogP contribution is -2.36. The largest absolute Gasteiger partial charge is 0.354 e. The summed E-state index contributed by atoms with van der Waals surface area (Å²) in [4.78, 5) is 35.6. The Morgan fingerprint density at radius 1 is 1.21 bits per heavy atom. The fraction of sp³-hybridized carbons (Fsp3) is 0.409. The molecule has 1 amide bonds. The average molecular weight is 411 g/mol. The first-order chi connectivity index (χ1) is 14.2. The molecule has 4 rings (SSSR count). The molecule has 6 nitrogen and oxygen atoms in total. The highest BCUT2D eigenvalue weighted by atomic mass is 32.1. The minimum absolute atomic E-state index is 0.0499. The van der Waals surface area contributed by atoms with Crippen LogP contribution >= 0.6 is 11.3 Å². The Labute approximate surface area is 174 Å². The van der Waals surface area contributed by atoms with E-state index in [1.54, 1.807) is 17.4 Å². The van der Waals surface area contributed by atoms with E-state index in [-0.39, 0.29) is 17.5 Å². The Kier molecular flexibility index (Phi) is 6.36. The molecule has 1 saturated heterocycles. The molecule has 3 aromatic rings. The maximum absolute atomic E-state index is 12.4. The van der Waals surface area contributed by atoms with Gasteiger partial charge in [0, 0.05) is 24.3 Å². The summed E-state index contributed by atoms with van der Waals surface area (Å²) in [7, 11) is 0. The number of aryl methyl sites for hydroxylation is 1. The van der Waals surface area contributed by atoms with Gasteiger partial charge in [0.15, 0.2) is 0 Å². The molecule has 152 valence electrons. The van der Waals surface area contributed by atoms with E-state index in [1.165, 1.54) is 17.7 Å². The predicted octanol–water partition coefficient (Wildman–Crippen LogP) is 3.26. The zero-order valence-electron chi connectivity index (χ0n) is 16.4. The van der Waals surface area contributed by atoms with Crippen molar-refractivity contribution in [3.05, 3.63) is 62.8 Å². The van der Waals surface area contributed by atoms with Crippen molar-refractivity contribution >= 4 is 28.1 Å². The molecule has 0 bridgehead atoms. The van der Waals surface area contributed by atoms with Crippen molar-refractivity contribution in [1.82, 2.24) is 20.2 Å². The van der Waals surface area contributed by atoms with Gasteiger partial charge in [-0.3, -0.25) is 14.5 Å². The highest BCUT2D eigenvalue weighted by Crippen LogP contribution is 2.27. The second-order valence-corrected chi connectivity index (χ2v) is 8.44. The second-order valence-electron chi connectivity index (χ2n) is 7.46. The number of nitrogens with zero attached hydrogens (tertiary/aromatic N) is 2. The lowest BCUT2D eigenvalue weighted by Gasteiger charge is -2.26. The number of benzene rings is 1. The Hall–Kier alpha value is -2.51. The SMILES string of the molecule is O=C(CCCc1nc2ccccc2c(=O)[nH]1)NC[C@H](c1cccs1)N1CCCC1. The number of likely N-dealkylation sites (tertiary alicyclic amines) is 1. The molecule has 1 atom stereocenters. The number of amides is 1. The van der Waals surface area contributed by atoms with Crippen molar-refractivity contribution < 1.29 is 4.79 Å². The minimum Gasteiger partial charge on any atom is -0.354 e. The molecular weight excluding hydrogens is 384 g/mol. The highest BCUT2D eigenvalue weighted by molar-refractivity contribution is 7.10. The number of hydrogen-bond acceptors (Lipinski definition) is 5. The molecule has 0 unspecified atom stereocenters. The summed E-state index contributed by atoms with van der Waals surface area (Å²) in [5, 5.41) is 5.80. The van der Waals surface area contributed by atoms with Crippen LogP contribution in [0.2, 0.25) is 0 Å². The standard InChI is InChI=1S/C22H26N4O2S/c27-21(23-15-18(19-9-6-14-29-19)26-12-3-4-13-26)11-5-10-20-24-17-8-2-1-7-16(17)22(28)25-20/h1-2,6-9,14,18H,3-5,10-13,15H2,(H,23,27)(H,24,25,28)/t18-/m1/s1. The molecule has 2 N–H and O–H groups in total. The van der Waals surface area contributed by atoms with Gasteiger partial charge < -0.3 is 10.3 Å². The van der Waals surface area contributed by atoms with E-state index >= 15 is 0 Å². The number of aromatic nitrogens is 2. The topological polar surface area (TPSA) is 78.1 Å². The first kappa shape index (κ1) is 19.8. The number of hydrogen-bond donors (Lipinski definition) is 2. The van der Waals surface area contributed by atoms with Crippen LogP contribution < -0.4 is 10.9 Å². The van der Waals surface area contributed by atoms with Gasteiger partial charge in [0.1, 0.15) is 5.82 Å². The quantitative estimate of drug-likeness (QED) is 0.598. The van der Waals surface area contributed by atoms with E-state index in [0.717, 1.165) is 13.1 Å².